The molecule has 1 heterocycles. The molecule has 1 aliphatic heterocycles. The fraction of sp³-hybridized carbons (Fsp3) is 0.529. The van der Waals surface area contributed by atoms with Crippen molar-refractivity contribution in [3.63, 3.8) is 0 Å². The van der Waals surface area contributed by atoms with E-state index in [2.05, 4.69) is 35.1 Å². The lowest BCUT2D eigenvalue weighted by Crippen LogP contribution is -2.46. The third kappa shape index (κ3) is 4.83. The van der Waals surface area contributed by atoms with Gasteiger partial charge in [-0.1, -0.05) is 29.8 Å². The van der Waals surface area contributed by atoms with Gasteiger partial charge >= 0.3 is 0 Å². The van der Waals surface area contributed by atoms with Crippen molar-refractivity contribution in [3.8, 4) is 0 Å². The van der Waals surface area contributed by atoms with E-state index in [1.165, 1.54) is 0 Å². The van der Waals surface area contributed by atoms with Crippen molar-refractivity contribution in [2.75, 3.05) is 13.1 Å². The van der Waals surface area contributed by atoms with Crippen molar-refractivity contribution < 1.29 is 9.59 Å². The topological polar surface area (TPSA) is 49.4 Å². The molecule has 0 atom stereocenters. The number of likely N-dealkylation sites (tertiary alicyclic amines) is 1. The van der Waals surface area contributed by atoms with Crippen LogP contribution in [-0.2, 0) is 4.79 Å². The summed E-state index contributed by atoms with van der Waals surface area (Å²) in [7, 11) is 0. The Labute approximate surface area is 140 Å². The van der Waals surface area contributed by atoms with Crippen molar-refractivity contribution in [2.24, 2.45) is 5.92 Å². The van der Waals surface area contributed by atoms with Gasteiger partial charge in [0.15, 0.2) is 0 Å². The van der Waals surface area contributed by atoms with Crippen LogP contribution in [0.5, 0.6) is 0 Å². The van der Waals surface area contributed by atoms with Crippen molar-refractivity contribution in [1.82, 2.24) is 10.2 Å². The summed E-state index contributed by atoms with van der Waals surface area (Å²) in [5.41, 5.74) is 0.668. The standard InChI is InChI=1S/C17H23BrN2O2/c1-12(2)11-16(21)20-9-7-15(8-10-20)19-17(22)13-3-5-14(18)6-4-13/h3-6,12,15H,7-11H2,1-2H3,(H,19,22). The van der Waals surface area contributed by atoms with Crippen LogP contribution >= 0.6 is 15.9 Å². The summed E-state index contributed by atoms with van der Waals surface area (Å²) in [6, 6.07) is 7.49. The Balaban J connectivity index is 1.81. The molecule has 1 aliphatic rings. The summed E-state index contributed by atoms with van der Waals surface area (Å²) in [5, 5.41) is 3.06. The molecule has 0 aromatic heterocycles. The number of rotatable bonds is 4. The van der Waals surface area contributed by atoms with Crippen LogP contribution in [0.1, 0.15) is 43.5 Å². The Morgan fingerprint density at radius 3 is 2.36 bits per heavy atom. The maximum Gasteiger partial charge on any atom is 0.251 e. The van der Waals surface area contributed by atoms with Crippen molar-refractivity contribution in [1.29, 1.82) is 0 Å². The Morgan fingerprint density at radius 2 is 1.82 bits per heavy atom. The molecule has 2 rings (SSSR count). The first kappa shape index (κ1) is 17.0. The van der Waals surface area contributed by atoms with Crippen LogP contribution in [-0.4, -0.2) is 35.8 Å². The van der Waals surface area contributed by atoms with E-state index in [1.807, 2.05) is 17.0 Å². The van der Waals surface area contributed by atoms with Crippen LogP contribution < -0.4 is 5.32 Å². The number of benzene rings is 1. The lowest BCUT2D eigenvalue weighted by molar-refractivity contribution is -0.133. The zero-order valence-electron chi connectivity index (χ0n) is 13.1. The van der Waals surface area contributed by atoms with E-state index >= 15 is 0 Å². The van der Waals surface area contributed by atoms with E-state index in [1.54, 1.807) is 12.1 Å². The van der Waals surface area contributed by atoms with Crippen molar-refractivity contribution in [3.05, 3.63) is 34.3 Å². The predicted molar refractivity (Wildman–Crippen MR) is 90.7 cm³/mol. The summed E-state index contributed by atoms with van der Waals surface area (Å²) >= 11 is 3.36. The summed E-state index contributed by atoms with van der Waals surface area (Å²) in [6.45, 7) is 5.58. The lowest BCUT2D eigenvalue weighted by atomic mass is 10.0. The molecule has 22 heavy (non-hydrogen) atoms. The van der Waals surface area contributed by atoms with Crippen LogP contribution in [0.3, 0.4) is 0 Å². The number of amides is 2. The van der Waals surface area contributed by atoms with Gasteiger partial charge in [0.1, 0.15) is 0 Å². The van der Waals surface area contributed by atoms with Gasteiger partial charge in [0, 0.05) is 35.6 Å². The molecule has 2 amide bonds. The summed E-state index contributed by atoms with van der Waals surface area (Å²) in [5.74, 6) is 0.578. The normalized spacial score (nSPS) is 15.9. The van der Waals surface area contributed by atoms with Crippen LogP contribution in [0.25, 0.3) is 0 Å². The number of carbonyl (C=O) groups excluding carboxylic acids is 2. The molecule has 120 valence electrons. The van der Waals surface area contributed by atoms with Gasteiger partial charge in [-0.2, -0.15) is 0 Å². The second-order valence-electron chi connectivity index (χ2n) is 6.23. The zero-order valence-corrected chi connectivity index (χ0v) is 14.7. The third-order valence-corrected chi connectivity index (χ3v) is 4.40. The van der Waals surface area contributed by atoms with Gasteiger partial charge in [-0.15, -0.1) is 0 Å². The first-order valence-corrected chi connectivity index (χ1v) is 8.59. The molecule has 0 spiro atoms. The highest BCUT2D eigenvalue weighted by Crippen LogP contribution is 2.15. The molecule has 1 N–H and O–H groups in total. The molecule has 4 nitrogen and oxygen atoms in total. The Kier molecular flexibility index (Phi) is 6.00. The molecule has 5 heteroatoms. The fourth-order valence-electron chi connectivity index (χ4n) is 2.62. The minimum atomic E-state index is -0.0422. The zero-order chi connectivity index (χ0) is 16.1. The number of piperidine rings is 1. The first-order chi connectivity index (χ1) is 10.5. The third-order valence-electron chi connectivity index (χ3n) is 3.87. The maximum atomic E-state index is 12.2. The largest absolute Gasteiger partial charge is 0.349 e. The molecule has 0 unspecified atom stereocenters. The smallest absolute Gasteiger partial charge is 0.251 e. The summed E-state index contributed by atoms with van der Waals surface area (Å²) in [4.78, 5) is 26.1. The van der Waals surface area contributed by atoms with E-state index in [-0.39, 0.29) is 17.9 Å². The monoisotopic (exact) mass is 366 g/mol. The molecule has 1 saturated heterocycles. The molecule has 0 radical (unpaired) electrons. The number of nitrogens with one attached hydrogen (secondary N) is 1. The van der Waals surface area contributed by atoms with Gasteiger partial charge in [-0.25, -0.2) is 0 Å². The van der Waals surface area contributed by atoms with Crippen LogP contribution in [0.15, 0.2) is 28.7 Å². The molecular weight excluding hydrogens is 344 g/mol. The maximum absolute atomic E-state index is 12.2. The summed E-state index contributed by atoms with van der Waals surface area (Å²) < 4.78 is 0.959. The summed E-state index contributed by atoms with van der Waals surface area (Å²) in [6.07, 6.45) is 2.26. The van der Waals surface area contributed by atoms with Gasteiger partial charge in [0.05, 0.1) is 0 Å². The molecule has 1 aromatic rings. The fourth-order valence-corrected chi connectivity index (χ4v) is 2.89. The van der Waals surface area contributed by atoms with E-state index < -0.39 is 0 Å². The number of hydrogen-bond donors (Lipinski definition) is 1. The van der Waals surface area contributed by atoms with Crippen LogP contribution in [0.4, 0.5) is 0 Å². The Hall–Kier alpha value is -1.36. The lowest BCUT2D eigenvalue weighted by Gasteiger charge is -2.32. The molecule has 0 saturated carbocycles. The highest BCUT2D eigenvalue weighted by molar-refractivity contribution is 9.10. The number of hydrogen-bond acceptors (Lipinski definition) is 2. The predicted octanol–water partition coefficient (Wildman–Crippen LogP) is 3.22. The van der Waals surface area contributed by atoms with E-state index in [9.17, 15) is 9.59 Å². The Morgan fingerprint density at radius 1 is 1.23 bits per heavy atom. The molecular formula is C17H23BrN2O2. The average Bonchev–Trinajstić information content (AvgIpc) is 2.48. The second-order valence-corrected chi connectivity index (χ2v) is 7.15. The van der Waals surface area contributed by atoms with E-state index in [0.29, 0.717) is 17.9 Å². The van der Waals surface area contributed by atoms with Crippen LogP contribution in [0, 0.1) is 5.92 Å². The average molecular weight is 367 g/mol. The Bertz CT molecular complexity index is 520. The van der Waals surface area contributed by atoms with Gasteiger partial charge in [-0.05, 0) is 43.0 Å². The molecule has 0 bridgehead atoms. The number of carbonyl (C=O) groups is 2. The van der Waals surface area contributed by atoms with Crippen molar-refractivity contribution in [2.45, 2.75) is 39.2 Å². The second kappa shape index (κ2) is 7.77. The minimum absolute atomic E-state index is 0.0422. The molecule has 0 aliphatic carbocycles. The SMILES string of the molecule is CC(C)CC(=O)N1CCC(NC(=O)c2ccc(Br)cc2)CC1. The molecule has 1 fully saturated rings. The van der Waals surface area contributed by atoms with E-state index in [0.717, 1.165) is 30.4 Å². The van der Waals surface area contributed by atoms with E-state index in [4.69, 9.17) is 0 Å². The van der Waals surface area contributed by atoms with Gasteiger partial charge < -0.3 is 10.2 Å². The van der Waals surface area contributed by atoms with Gasteiger partial charge in [0.25, 0.3) is 5.91 Å². The molecule has 1 aromatic carbocycles. The number of halogens is 1. The first-order valence-electron chi connectivity index (χ1n) is 7.80. The van der Waals surface area contributed by atoms with Crippen molar-refractivity contribution >= 4 is 27.7 Å². The van der Waals surface area contributed by atoms with Gasteiger partial charge in [-0.3, -0.25) is 9.59 Å². The minimum Gasteiger partial charge on any atom is -0.349 e. The highest BCUT2D eigenvalue weighted by atomic mass is 79.9. The quantitative estimate of drug-likeness (QED) is 0.889. The number of nitrogens with zero attached hydrogens (tertiary/aromatic N) is 1. The highest BCUT2D eigenvalue weighted by Gasteiger charge is 2.24. The van der Waals surface area contributed by atoms with Gasteiger partial charge in [0.2, 0.25) is 5.91 Å². The van der Waals surface area contributed by atoms with Crippen LogP contribution in [0.2, 0.25) is 0 Å².